The van der Waals surface area contributed by atoms with Crippen molar-refractivity contribution in [3.05, 3.63) is 46.0 Å². The van der Waals surface area contributed by atoms with Crippen LogP contribution in [0.2, 0.25) is 0 Å². The first kappa shape index (κ1) is 13.0. The molecule has 0 unspecified atom stereocenters. The van der Waals surface area contributed by atoms with E-state index in [9.17, 15) is 4.79 Å². The molecule has 6 heteroatoms. The summed E-state index contributed by atoms with van der Waals surface area (Å²) in [6.07, 6.45) is 1.04. The van der Waals surface area contributed by atoms with E-state index in [1.165, 1.54) is 11.3 Å². The van der Waals surface area contributed by atoms with Gasteiger partial charge in [-0.05, 0) is 23.8 Å². The Morgan fingerprint density at radius 3 is 2.70 bits per heavy atom. The second-order valence-corrected chi connectivity index (χ2v) is 4.95. The number of aromatic amines is 3. The molecule has 0 spiro atoms. The third kappa shape index (κ3) is 2.05. The van der Waals surface area contributed by atoms with Crippen LogP contribution in [0.4, 0.5) is 0 Å². The minimum absolute atomic E-state index is 0. The highest BCUT2D eigenvalue weighted by Crippen LogP contribution is 2.25. The van der Waals surface area contributed by atoms with E-state index in [-0.39, 0.29) is 18.1 Å². The van der Waals surface area contributed by atoms with Crippen molar-refractivity contribution in [3.63, 3.8) is 0 Å². The van der Waals surface area contributed by atoms with Gasteiger partial charge in [-0.1, -0.05) is 6.07 Å². The van der Waals surface area contributed by atoms with Gasteiger partial charge in [0.15, 0.2) is 0 Å². The van der Waals surface area contributed by atoms with Gasteiger partial charge in [-0.15, -0.1) is 12.4 Å². The fraction of sp³-hybridized carbons (Fsp3) is 0.214. The van der Waals surface area contributed by atoms with Crippen molar-refractivity contribution in [2.24, 2.45) is 0 Å². The monoisotopic (exact) mass is 290 g/mol. The fourth-order valence-electron chi connectivity index (χ4n) is 2.71. The van der Waals surface area contributed by atoms with Gasteiger partial charge in [0.25, 0.3) is 0 Å². The average molecular weight is 291 g/mol. The largest absolute Gasteiger partial charge is 0.358 e. The molecule has 0 saturated heterocycles. The van der Waals surface area contributed by atoms with Crippen LogP contribution < -0.4 is 11.0 Å². The van der Waals surface area contributed by atoms with Crippen molar-refractivity contribution in [1.29, 1.82) is 0 Å². The molecular formula is C14H15ClN4O. The van der Waals surface area contributed by atoms with Crippen LogP contribution in [0.5, 0.6) is 0 Å². The number of imidazole rings is 1. The summed E-state index contributed by atoms with van der Waals surface area (Å²) in [4.78, 5) is 20.3. The number of rotatable bonds is 1. The van der Waals surface area contributed by atoms with Crippen LogP contribution in [0.3, 0.4) is 0 Å². The maximum atomic E-state index is 11.3. The summed E-state index contributed by atoms with van der Waals surface area (Å²) >= 11 is 0. The van der Waals surface area contributed by atoms with E-state index < -0.39 is 0 Å². The van der Waals surface area contributed by atoms with Crippen LogP contribution in [-0.2, 0) is 13.0 Å². The molecule has 3 aromatic rings. The Morgan fingerprint density at radius 2 is 1.85 bits per heavy atom. The van der Waals surface area contributed by atoms with Crippen molar-refractivity contribution >= 4 is 23.4 Å². The maximum Gasteiger partial charge on any atom is 0.323 e. The molecule has 4 N–H and O–H groups in total. The molecule has 1 aromatic carbocycles. The summed E-state index contributed by atoms with van der Waals surface area (Å²) < 4.78 is 0. The minimum atomic E-state index is -0.165. The Morgan fingerprint density at radius 1 is 1.00 bits per heavy atom. The fourth-order valence-corrected chi connectivity index (χ4v) is 2.71. The smallest absolute Gasteiger partial charge is 0.323 e. The molecule has 3 heterocycles. The first-order valence-corrected chi connectivity index (χ1v) is 6.43. The standard InChI is InChI=1S/C14H14N4O.ClH/c19-14-17-11-2-1-8(5-13(11)18-14)12-6-9-7-15-4-3-10(9)16-12;/h1-2,5-6,15-16H,3-4,7H2,(H2,17,18,19);1H. The van der Waals surface area contributed by atoms with E-state index >= 15 is 0 Å². The van der Waals surface area contributed by atoms with Gasteiger partial charge in [0.05, 0.1) is 11.0 Å². The quantitative estimate of drug-likeness (QED) is 0.553. The summed E-state index contributed by atoms with van der Waals surface area (Å²) in [6.45, 7) is 1.95. The van der Waals surface area contributed by atoms with Crippen LogP contribution in [0.25, 0.3) is 22.3 Å². The first-order valence-electron chi connectivity index (χ1n) is 6.43. The molecule has 1 aliphatic rings. The van der Waals surface area contributed by atoms with Crippen molar-refractivity contribution in [2.75, 3.05) is 6.54 Å². The van der Waals surface area contributed by atoms with Crippen LogP contribution in [0.15, 0.2) is 29.1 Å². The number of hydrogen-bond donors (Lipinski definition) is 4. The van der Waals surface area contributed by atoms with Crippen molar-refractivity contribution in [1.82, 2.24) is 20.3 Å². The number of nitrogens with one attached hydrogen (secondary N) is 4. The second kappa shape index (κ2) is 4.85. The summed E-state index contributed by atoms with van der Waals surface area (Å²) in [5.74, 6) is 0. The number of halogens is 1. The number of aromatic nitrogens is 3. The molecule has 0 aliphatic carbocycles. The molecule has 2 aromatic heterocycles. The van der Waals surface area contributed by atoms with Gasteiger partial charge in [0.2, 0.25) is 0 Å². The normalized spacial score (nSPS) is 14.0. The van der Waals surface area contributed by atoms with Gasteiger partial charge in [-0.3, -0.25) is 0 Å². The van der Waals surface area contributed by atoms with Gasteiger partial charge in [0.1, 0.15) is 0 Å². The van der Waals surface area contributed by atoms with Crippen molar-refractivity contribution in [2.45, 2.75) is 13.0 Å². The lowest BCUT2D eigenvalue weighted by Crippen LogP contribution is -2.22. The van der Waals surface area contributed by atoms with Gasteiger partial charge < -0.3 is 20.3 Å². The van der Waals surface area contributed by atoms with E-state index in [0.717, 1.165) is 41.8 Å². The molecule has 104 valence electrons. The summed E-state index contributed by atoms with van der Waals surface area (Å²) in [6, 6.07) is 8.14. The van der Waals surface area contributed by atoms with Crippen molar-refractivity contribution in [3.8, 4) is 11.3 Å². The van der Waals surface area contributed by atoms with Gasteiger partial charge >= 0.3 is 5.69 Å². The Hall–Kier alpha value is -1.98. The highest BCUT2D eigenvalue weighted by atomic mass is 35.5. The third-order valence-electron chi connectivity index (χ3n) is 3.69. The lowest BCUT2D eigenvalue weighted by molar-refractivity contribution is 0.638. The molecule has 0 bridgehead atoms. The lowest BCUT2D eigenvalue weighted by atomic mass is 10.1. The molecule has 5 nitrogen and oxygen atoms in total. The molecular weight excluding hydrogens is 276 g/mol. The van der Waals surface area contributed by atoms with E-state index in [2.05, 4.69) is 26.3 Å². The van der Waals surface area contributed by atoms with E-state index in [0.29, 0.717) is 0 Å². The van der Waals surface area contributed by atoms with Gasteiger partial charge in [-0.25, -0.2) is 4.79 Å². The first-order chi connectivity index (χ1) is 9.29. The zero-order valence-corrected chi connectivity index (χ0v) is 11.6. The number of H-pyrrole nitrogens is 3. The van der Waals surface area contributed by atoms with E-state index in [4.69, 9.17) is 0 Å². The van der Waals surface area contributed by atoms with Crippen LogP contribution in [0, 0.1) is 0 Å². The topological polar surface area (TPSA) is 76.5 Å². The molecule has 0 fully saturated rings. The third-order valence-corrected chi connectivity index (χ3v) is 3.69. The molecule has 0 amide bonds. The van der Waals surface area contributed by atoms with Crippen LogP contribution >= 0.6 is 12.4 Å². The number of fused-ring (bicyclic) bond motifs is 2. The Labute approximate surface area is 121 Å². The Kier molecular flexibility index (Phi) is 3.16. The molecule has 0 radical (unpaired) electrons. The number of benzene rings is 1. The zero-order chi connectivity index (χ0) is 12.8. The predicted molar refractivity (Wildman–Crippen MR) is 81.4 cm³/mol. The van der Waals surface area contributed by atoms with Crippen LogP contribution in [-0.4, -0.2) is 21.5 Å². The summed E-state index contributed by atoms with van der Waals surface area (Å²) in [5, 5.41) is 3.37. The molecule has 1 aliphatic heterocycles. The van der Waals surface area contributed by atoms with Crippen molar-refractivity contribution < 1.29 is 0 Å². The molecule has 20 heavy (non-hydrogen) atoms. The summed E-state index contributed by atoms with van der Waals surface area (Å²) in [5.41, 5.74) is 6.37. The van der Waals surface area contributed by atoms with Crippen LogP contribution in [0.1, 0.15) is 11.3 Å². The molecule has 0 saturated carbocycles. The number of hydrogen-bond acceptors (Lipinski definition) is 2. The maximum absolute atomic E-state index is 11.3. The Bertz CT molecular complexity index is 791. The zero-order valence-electron chi connectivity index (χ0n) is 10.7. The van der Waals surface area contributed by atoms with E-state index in [1.54, 1.807) is 0 Å². The predicted octanol–water partition coefficient (Wildman–Crippen LogP) is 1.92. The summed E-state index contributed by atoms with van der Waals surface area (Å²) in [7, 11) is 0. The SMILES string of the molecule is Cl.O=c1[nH]c2ccc(-c3cc4c([nH]3)CCNC4)cc2[nH]1. The molecule has 0 atom stereocenters. The van der Waals surface area contributed by atoms with Gasteiger partial charge in [-0.2, -0.15) is 0 Å². The second-order valence-electron chi connectivity index (χ2n) is 4.95. The Balaban J connectivity index is 0.00000121. The minimum Gasteiger partial charge on any atom is -0.358 e. The molecule has 4 rings (SSSR count). The highest BCUT2D eigenvalue weighted by molar-refractivity contribution is 5.85. The lowest BCUT2D eigenvalue weighted by Gasteiger charge is -2.11. The van der Waals surface area contributed by atoms with E-state index in [1.807, 2.05) is 18.2 Å². The highest BCUT2D eigenvalue weighted by Gasteiger charge is 2.13. The van der Waals surface area contributed by atoms with Gasteiger partial charge in [0, 0.05) is 36.5 Å². The average Bonchev–Trinajstić information content (AvgIpc) is 2.99.